The summed E-state index contributed by atoms with van der Waals surface area (Å²) in [6, 6.07) is 4.26. The van der Waals surface area contributed by atoms with Gasteiger partial charge in [-0.3, -0.25) is 4.90 Å². The zero-order chi connectivity index (χ0) is 12.1. The van der Waals surface area contributed by atoms with Crippen LogP contribution in [-0.2, 0) is 13.6 Å². The molecule has 1 aromatic heterocycles. The minimum atomic E-state index is 0.969. The molecule has 1 aliphatic rings. The monoisotopic (exact) mass is 236 g/mol. The fourth-order valence-corrected chi connectivity index (χ4v) is 2.21. The van der Waals surface area contributed by atoms with Crippen molar-refractivity contribution in [3.63, 3.8) is 0 Å². The van der Waals surface area contributed by atoms with Crippen LogP contribution in [0.3, 0.4) is 0 Å². The highest BCUT2D eigenvalue weighted by atomic mass is 15.2. The van der Waals surface area contributed by atoms with E-state index < -0.39 is 0 Å². The summed E-state index contributed by atoms with van der Waals surface area (Å²) in [5.74, 6) is 0. The van der Waals surface area contributed by atoms with Crippen LogP contribution in [0, 0.1) is 0 Å². The third-order valence-corrected chi connectivity index (χ3v) is 3.56. The molecule has 17 heavy (non-hydrogen) atoms. The van der Waals surface area contributed by atoms with Crippen molar-refractivity contribution in [2.75, 3.05) is 46.3 Å². The summed E-state index contributed by atoms with van der Waals surface area (Å²) in [6.45, 7) is 8.05. The van der Waals surface area contributed by atoms with E-state index in [-0.39, 0.29) is 0 Å². The highest BCUT2D eigenvalue weighted by Crippen LogP contribution is 1.99. The van der Waals surface area contributed by atoms with Gasteiger partial charge in [0.2, 0.25) is 0 Å². The zero-order valence-electron chi connectivity index (χ0n) is 11.0. The molecule has 0 spiro atoms. The number of hydrogen-bond donors (Lipinski definition) is 1. The van der Waals surface area contributed by atoms with Crippen molar-refractivity contribution in [2.45, 2.75) is 6.54 Å². The van der Waals surface area contributed by atoms with Gasteiger partial charge in [-0.15, -0.1) is 0 Å². The lowest BCUT2D eigenvalue weighted by Gasteiger charge is -2.32. The van der Waals surface area contributed by atoms with Gasteiger partial charge in [-0.05, 0) is 19.2 Å². The molecule has 0 bridgehead atoms. The predicted octanol–water partition coefficient (Wildman–Crippen LogP) is 0.362. The molecule has 1 N–H and O–H groups in total. The molecule has 1 aliphatic heterocycles. The van der Waals surface area contributed by atoms with Gasteiger partial charge < -0.3 is 14.8 Å². The predicted molar refractivity (Wildman–Crippen MR) is 71.1 cm³/mol. The average Bonchev–Trinajstić information content (AvgIpc) is 2.73. The Bertz CT molecular complexity index is 326. The van der Waals surface area contributed by atoms with Gasteiger partial charge in [0.05, 0.1) is 0 Å². The Morgan fingerprint density at radius 3 is 2.59 bits per heavy atom. The Morgan fingerprint density at radius 2 is 1.94 bits per heavy atom. The van der Waals surface area contributed by atoms with E-state index in [1.165, 1.54) is 31.9 Å². The third kappa shape index (κ3) is 3.84. The first-order valence-corrected chi connectivity index (χ1v) is 6.47. The maximum absolute atomic E-state index is 3.51. The molecule has 96 valence electrons. The number of likely N-dealkylation sites (N-methyl/N-ethyl adjacent to an activating group) is 1. The summed E-state index contributed by atoms with van der Waals surface area (Å²) in [7, 11) is 4.29. The van der Waals surface area contributed by atoms with Gasteiger partial charge in [0.15, 0.2) is 0 Å². The van der Waals surface area contributed by atoms with Crippen LogP contribution in [0.2, 0.25) is 0 Å². The Balaban J connectivity index is 1.59. The summed E-state index contributed by atoms with van der Waals surface area (Å²) in [5, 5.41) is 3.51. The van der Waals surface area contributed by atoms with Crippen molar-refractivity contribution in [2.24, 2.45) is 7.05 Å². The molecule has 0 amide bonds. The Kier molecular flexibility index (Phi) is 4.59. The highest BCUT2D eigenvalue weighted by Gasteiger charge is 2.12. The molecule has 2 rings (SSSR count). The topological polar surface area (TPSA) is 23.4 Å². The van der Waals surface area contributed by atoms with Crippen LogP contribution >= 0.6 is 0 Å². The minimum absolute atomic E-state index is 0.969. The molecule has 0 aromatic carbocycles. The number of nitrogens with zero attached hydrogens (tertiary/aromatic N) is 3. The molecular weight excluding hydrogens is 212 g/mol. The van der Waals surface area contributed by atoms with Crippen molar-refractivity contribution in [1.82, 2.24) is 19.7 Å². The van der Waals surface area contributed by atoms with E-state index in [0.717, 1.165) is 19.6 Å². The maximum Gasteiger partial charge on any atom is 0.0359 e. The van der Waals surface area contributed by atoms with Gasteiger partial charge in [-0.2, -0.15) is 0 Å². The maximum atomic E-state index is 3.51. The third-order valence-electron chi connectivity index (χ3n) is 3.56. The summed E-state index contributed by atoms with van der Waals surface area (Å²) in [5.41, 5.74) is 1.35. The summed E-state index contributed by atoms with van der Waals surface area (Å²) in [4.78, 5) is 4.94. The molecule has 4 heteroatoms. The van der Waals surface area contributed by atoms with Crippen molar-refractivity contribution in [3.05, 3.63) is 24.0 Å². The van der Waals surface area contributed by atoms with Gasteiger partial charge in [-0.1, -0.05) is 0 Å². The van der Waals surface area contributed by atoms with E-state index in [9.17, 15) is 0 Å². The second kappa shape index (κ2) is 6.19. The summed E-state index contributed by atoms with van der Waals surface area (Å²) < 4.78 is 2.17. The molecule has 2 heterocycles. The number of aromatic nitrogens is 1. The molecule has 1 aromatic rings. The van der Waals surface area contributed by atoms with Crippen LogP contribution in [0.4, 0.5) is 0 Å². The molecule has 0 atom stereocenters. The van der Waals surface area contributed by atoms with Crippen LogP contribution in [0.1, 0.15) is 5.69 Å². The van der Waals surface area contributed by atoms with Crippen molar-refractivity contribution < 1.29 is 0 Å². The zero-order valence-corrected chi connectivity index (χ0v) is 11.0. The summed E-state index contributed by atoms with van der Waals surface area (Å²) in [6.07, 6.45) is 2.09. The smallest absolute Gasteiger partial charge is 0.0359 e. The molecule has 0 radical (unpaired) electrons. The van der Waals surface area contributed by atoms with Crippen LogP contribution in [0.15, 0.2) is 18.3 Å². The van der Waals surface area contributed by atoms with Crippen molar-refractivity contribution in [1.29, 1.82) is 0 Å². The van der Waals surface area contributed by atoms with Gasteiger partial charge in [0, 0.05) is 64.8 Å². The molecule has 0 saturated carbocycles. The van der Waals surface area contributed by atoms with Crippen LogP contribution in [0.5, 0.6) is 0 Å². The van der Waals surface area contributed by atoms with Crippen molar-refractivity contribution >= 4 is 0 Å². The van der Waals surface area contributed by atoms with E-state index in [4.69, 9.17) is 0 Å². The minimum Gasteiger partial charge on any atom is -0.353 e. The van der Waals surface area contributed by atoms with Gasteiger partial charge >= 0.3 is 0 Å². The Labute approximate surface area is 104 Å². The van der Waals surface area contributed by atoms with E-state index in [1.54, 1.807) is 0 Å². The number of piperazine rings is 1. The van der Waals surface area contributed by atoms with Crippen LogP contribution in [-0.4, -0.2) is 60.7 Å². The number of rotatable bonds is 5. The summed E-state index contributed by atoms with van der Waals surface area (Å²) >= 11 is 0. The van der Waals surface area contributed by atoms with E-state index >= 15 is 0 Å². The van der Waals surface area contributed by atoms with E-state index in [2.05, 4.69) is 52.1 Å². The first-order chi connectivity index (χ1) is 8.25. The largest absolute Gasteiger partial charge is 0.353 e. The Morgan fingerprint density at radius 1 is 1.18 bits per heavy atom. The lowest BCUT2D eigenvalue weighted by molar-refractivity contribution is 0.154. The standard InChI is InChI=1S/C13H24N4/c1-15-8-10-17(11-9-15)7-5-14-12-13-4-3-6-16(13)2/h3-4,6,14H,5,7-12H2,1-2H3. The molecule has 0 unspecified atom stereocenters. The first kappa shape index (κ1) is 12.6. The highest BCUT2D eigenvalue weighted by molar-refractivity contribution is 5.05. The lowest BCUT2D eigenvalue weighted by atomic mass is 10.3. The van der Waals surface area contributed by atoms with Gasteiger partial charge in [0.1, 0.15) is 0 Å². The van der Waals surface area contributed by atoms with Gasteiger partial charge in [-0.25, -0.2) is 0 Å². The van der Waals surface area contributed by atoms with Crippen molar-refractivity contribution in [3.8, 4) is 0 Å². The Hall–Kier alpha value is -0.840. The second-order valence-corrected chi connectivity index (χ2v) is 4.93. The molecule has 0 aliphatic carbocycles. The molecule has 1 fully saturated rings. The number of hydrogen-bond acceptors (Lipinski definition) is 3. The SMILES string of the molecule is CN1CCN(CCNCc2cccn2C)CC1. The fourth-order valence-electron chi connectivity index (χ4n) is 2.21. The van der Waals surface area contributed by atoms with Crippen LogP contribution in [0.25, 0.3) is 0 Å². The normalized spacial score (nSPS) is 18.7. The lowest BCUT2D eigenvalue weighted by Crippen LogP contribution is -2.46. The van der Waals surface area contributed by atoms with E-state index in [0.29, 0.717) is 0 Å². The van der Waals surface area contributed by atoms with Crippen LogP contribution < -0.4 is 5.32 Å². The number of nitrogens with one attached hydrogen (secondary N) is 1. The molecule has 1 saturated heterocycles. The second-order valence-electron chi connectivity index (χ2n) is 4.93. The average molecular weight is 236 g/mol. The van der Waals surface area contributed by atoms with E-state index in [1.807, 2.05) is 0 Å². The fraction of sp³-hybridized carbons (Fsp3) is 0.692. The molecule has 4 nitrogen and oxygen atoms in total. The first-order valence-electron chi connectivity index (χ1n) is 6.47. The quantitative estimate of drug-likeness (QED) is 0.747. The number of aryl methyl sites for hydroxylation is 1. The van der Waals surface area contributed by atoms with Gasteiger partial charge in [0.25, 0.3) is 0 Å². The molecular formula is C13H24N4.